The van der Waals surface area contributed by atoms with Crippen LogP contribution >= 0.6 is 11.3 Å². The highest BCUT2D eigenvalue weighted by molar-refractivity contribution is 7.09. The predicted molar refractivity (Wildman–Crippen MR) is 71.4 cm³/mol. The van der Waals surface area contributed by atoms with Gasteiger partial charge in [-0.2, -0.15) is 0 Å². The number of aromatic nitrogens is 1. The van der Waals surface area contributed by atoms with E-state index >= 15 is 0 Å². The standard InChI is InChI=1S/C12H17N3O3S/c1-9-13-10(8-19-9)12(18)15-6-4-14(5-7-15)3-2-11(16)17/h8H,2-7H2,1H3,(H,16,17). The molecule has 0 radical (unpaired) electrons. The molecular formula is C12H17N3O3S. The molecule has 6 nitrogen and oxygen atoms in total. The first-order valence-corrected chi connectivity index (χ1v) is 7.10. The summed E-state index contributed by atoms with van der Waals surface area (Å²) in [4.78, 5) is 30.7. The Bertz CT molecular complexity index is 467. The predicted octanol–water partition coefficient (Wildman–Crippen LogP) is 0.684. The van der Waals surface area contributed by atoms with Crippen LogP contribution in [0.25, 0.3) is 0 Å². The zero-order valence-corrected chi connectivity index (χ0v) is 11.7. The van der Waals surface area contributed by atoms with E-state index in [1.54, 1.807) is 10.3 Å². The first-order chi connectivity index (χ1) is 9.06. The zero-order valence-electron chi connectivity index (χ0n) is 10.8. The number of hydrogen-bond donors (Lipinski definition) is 1. The molecule has 0 spiro atoms. The Morgan fingerprint density at radius 2 is 2.05 bits per heavy atom. The third-order valence-corrected chi connectivity index (χ3v) is 3.91. The van der Waals surface area contributed by atoms with E-state index in [0.29, 0.717) is 25.3 Å². The van der Waals surface area contributed by atoms with E-state index in [4.69, 9.17) is 5.11 Å². The van der Waals surface area contributed by atoms with Crippen LogP contribution in [0.1, 0.15) is 21.9 Å². The summed E-state index contributed by atoms with van der Waals surface area (Å²) < 4.78 is 0. The van der Waals surface area contributed by atoms with Crippen molar-refractivity contribution in [2.45, 2.75) is 13.3 Å². The highest BCUT2D eigenvalue weighted by Crippen LogP contribution is 2.12. The third kappa shape index (κ3) is 3.74. The van der Waals surface area contributed by atoms with Gasteiger partial charge in [-0.1, -0.05) is 0 Å². The van der Waals surface area contributed by atoms with Gasteiger partial charge in [-0.15, -0.1) is 11.3 Å². The molecule has 0 aromatic carbocycles. The molecule has 1 amide bonds. The van der Waals surface area contributed by atoms with E-state index < -0.39 is 5.97 Å². The number of carboxylic acid groups (broad SMARTS) is 1. The number of hydrogen-bond acceptors (Lipinski definition) is 5. The molecule has 0 saturated carbocycles. The van der Waals surface area contributed by atoms with Gasteiger partial charge in [-0.25, -0.2) is 4.98 Å². The fourth-order valence-corrected chi connectivity index (χ4v) is 2.64. The van der Waals surface area contributed by atoms with Crippen molar-refractivity contribution in [1.82, 2.24) is 14.8 Å². The van der Waals surface area contributed by atoms with Crippen molar-refractivity contribution in [3.05, 3.63) is 16.1 Å². The number of piperazine rings is 1. The first-order valence-electron chi connectivity index (χ1n) is 6.22. The van der Waals surface area contributed by atoms with E-state index in [2.05, 4.69) is 9.88 Å². The van der Waals surface area contributed by atoms with Crippen molar-refractivity contribution in [1.29, 1.82) is 0 Å². The summed E-state index contributed by atoms with van der Waals surface area (Å²) in [7, 11) is 0. The molecule has 7 heteroatoms. The number of rotatable bonds is 4. The third-order valence-electron chi connectivity index (χ3n) is 3.14. The van der Waals surface area contributed by atoms with Crippen molar-refractivity contribution in [3.8, 4) is 0 Å². The quantitative estimate of drug-likeness (QED) is 0.880. The van der Waals surface area contributed by atoms with Crippen molar-refractivity contribution in [3.63, 3.8) is 0 Å². The molecular weight excluding hydrogens is 266 g/mol. The van der Waals surface area contributed by atoms with Crippen LogP contribution in [0.5, 0.6) is 0 Å². The van der Waals surface area contributed by atoms with E-state index in [1.807, 2.05) is 6.92 Å². The van der Waals surface area contributed by atoms with Crippen LogP contribution in [0, 0.1) is 6.92 Å². The molecule has 1 aromatic heterocycles. The maximum atomic E-state index is 12.1. The van der Waals surface area contributed by atoms with Crippen LogP contribution in [0.15, 0.2) is 5.38 Å². The van der Waals surface area contributed by atoms with Crippen molar-refractivity contribution < 1.29 is 14.7 Å². The van der Waals surface area contributed by atoms with Crippen molar-refractivity contribution in [2.24, 2.45) is 0 Å². The molecule has 19 heavy (non-hydrogen) atoms. The van der Waals surface area contributed by atoms with Gasteiger partial charge in [0.1, 0.15) is 5.69 Å². The van der Waals surface area contributed by atoms with Gasteiger partial charge in [0.15, 0.2) is 0 Å². The summed E-state index contributed by atoms with van der Waals surface area (Å²) in [5.74, 6) is -0.807. The number of aliphatic carboxylic acids is 1. The number of thiazole rings is 1. The minimum Gasteiger partial charge on any atom is -0.481 e. The largest absolute Gasteiger partial charge is 0.481 e. The van der Waals surface area contributed by atoms with E-state index in [0.717, 1.165) is 18.1 Å². The number of carbonyl (C=O) groups is 2. The molecule has 0 unspecified atom stereocenters. The Kier molecular flexibility index (Phi) is 4.49. The molecule has 1 aromatic rings. The topological polar surface area (TPSA) is 73.7 Å². The van der Waals surface area contributed by atoms with E-state index in [-0.39, 0.29) is 12.3 Å². The SMILES string of the molecule is Cc1nc(C(=O)N2CCN(CCC(=O)O)CC2)cs1. The summed E-state index contributed by atoms with van der Waals surface area (Å²) in [5.41, 5.74) is 0.515. The molecule has 2 heterocycles. The van der Waals surface area contributed by atoms with Crippen LogP contribution < -0.4 is 0 Å². The molecule has 1 aliphatic rings. The Labute approximate surface area is 115 Å². The molecule has 0 atom stereocenters. The second kappa shape index (κ2) is 6.12. The molecule has 1 N–H and O–H groups in total. The van der Waals surface area contributed by atoms with Gasteiger partial charge in [0.2, 0.25) is 0 Å². The van der Waals surface area contributed by atoms with Crippen LogP contribution in [0.2, 0.25) is 0 Å². The maximum absolute atomic E-state index is 12.1. The summed E-state index contributed by atoms with van der Waals surface area (Å²) in [6.07, 6.45) is 0.152. The smallest absolute Gasteiger partial charge is 0.304 e. The minimum absolute atomic E-state index is 0.0257. The van der Waals surface area contributed by atoms with Crippen LogP contribution in [-0.4, -0.2) is 64.5 Å². The minimum atomic E-state index is -0.781. The molecule has 104 valence electrons. The zero-order chi connectivity index (χ0) is 13.8. The first kappa shape index (κ1) is 14.0. The van der Waals surface area contributed by atoms with Crippen LogP contribution in [-0.2, 0) is 4.79 Å². The molecule has 1 aliphatic heterocycles. The van der Waals surface area contributed by atoms with Gasteiger partial charge in [0.25, 0.3) is 5.91 Å². The molecule has 0 bridgehead atoms. The molecule has 2 rings (SSSR count). The average molecular weight is 283 g/mol. The summed E-state index contributed by atoms with van der Waals surface area (Å²) in [6, 6.07) is 0. The summed E-state index contributed by atoms with van der Waals surface area (Å²) in [6.45, 7) is 5.15. The van der Waals surface area contributed by atoms with Crippen LogP contribution in [0.3, 0.4) is 0 Å². The number of aryl methyl sites for hydroxylation is 1. The van der Waals surface area contributed by atoms with Crippen LogP contribution in [0.4, 0.5) is 0 Å². The molecule has 0 aliphatic carbocycles. The maximum Gasteiger partial charge on any atom is 0.304 e. The number of amides is 1. The fourth-order valence-electron chi connectivity index (χ4n) is 2.05. The van der Waals surface area contributed by atoms with Gasteiger partial charge in [0, 0.05) is 38.1 Å². The Morgan fingerprint density at radius 1 is 1.37 bits per heavy atom. The van der Waals surface area contributed by atoms with Gasteiger partial charge in [-0.05, 0) is 6.92 Å². The van der Waals surface area contributed by atoms with Crippen molar-refractivity contribution >= 4 is 23.2 Å². The Hall–Kier alpha value is -1.47. The Morgan fingerprint density at radius 3 is 2.58 bits per heavy atom. The second-order valence-electron chi connectivity index (χ2n) is 4.53. The highest BCUT2D eigenvalue weighted by Gasteiger charge is 2.23. The van der Waals surface area contributed by atoms with Crippen molar-refractivity contribution in [2.75, 3.05) is 32.7 Å². The average Bonchev–Trinajstić information content (AvgIpc) is 2.83. The van der Waals surface area contributed by atoms with Gasteiger partial charge in [0.05, 0.1) is 11.4 Å². The highest BCUT2D eigenvalue weighted by atomic mass is 32.1. The van der Waals surface area contributed by atoms with Gasteiger partial charge in [-0.3, -0.25) is 14.5 Å². The fraction of sp³-hybridized carbons (Fsp3) is 0.583. The monoisotopic (exact) mass is 283 g/mol. The number of carboxylic acids is 1. The lowest BCUT2D eigenvalue weighted by atomic mass is 10.2. The number of carbonyl (C=O) groups excluding carboxylic acids is 1. The lowest BCUT2D eigenvalue weighted by Gasteiger charge is -2.34. The number of nitrogens with zero attached hydrogens (tertiary/aromatic N) is 3. The lowest BCUT2D eigenvalue weighted by molar-refractivity contribution is -0.137. The Balaban J connectivity index is 1.83. The summed E-state index contributed by atoms with van der Waals surface area (Å²) >= 11 is 1.47. The molecule has 1 fully saturated rings. The molecule has 1 saturated heterocycles. The second-order valence-corrected chi connectivity index (χ2v) is 5.59. The lowest BCUT2D eigenvalue weighted by Crippen LogP contribution is -2.49. The van der Waals surface area contributed by atoms with Gasteiger partial charge < -0.3 is 10.0 Å². The van der Waals surface area contributed by atoms with E-state index in [1.165, 1.54) is 11.3 Å². The normalized spacial score (nSPS) is 16.6. The van der Waals surface area contributed by atoms with Gasteiger partial charge >= 0.3 is 5.97 Å². The summed E-state index contributed by atoms with van der Waals surface area (Å²) in [5, 5.41) is 11.3. The van der Waals surface area contributed by atoms with E-state index in [9.17, 15) is 9.59 Å².